The predicted octanol–water partition coefficient (Wildman–Crippen LogP) is 4.29. The number of carbonyl (C=O) groups is 2. The van der Waals surface area contributed by atoms with Gasteiger partial charge in [0.1, 0.15) is 0 Å². The Balaban J connectivity index is 2.74. The highest BCUT2D eigenvalue weighted by molar-refractivity contribution is 6.20. The van der Waals surface area contributed by atoms with Gasteiger partial charge in [-0.2, -0.15) is 13.2 Å². The van der Waals surface area contributed by atoms with E-state index in [0.717, 1.165) is 12.1 Å². The second kappa shape index (κ2) is 9.35. The zero-order valence-electron chi connectivity index (χ0n) is 16.2. The van der Waals surface area contributed by atoms with E-state index < -0.39 is 29.6 Å². The molecule has 1 aliphatic rings. The summed E-state index contributed by atoms with van der Waals surface area (Å²) in [6, 6.07) is 4.47. The van der Waals surface area contributed by atoms with E-state index in [2.05, 4.69) is 5.32 Å². The fourth-order valence-corrected chi connectivity index (χ4v) is 3.37. The lowest BCUT2D eigenvalue weighted by molar-refractivity contribution is -0.139. The largest absolute Gasteiger partial charge is 0.463 e. The van der Waals surface area contributed by atoms with Gasteiger partial charge in [-0.3, -0.25) is 0 Å². The molecule has 0 saturated heterocycles. The topological polar surface area (TPSA) is 64.6 Å². The fourth-order valence-electron chi connectivity index (χ4n) is 3.16. The monoisotopic (exact) mass is 431 g/mol. The lowest BCUT2D eigenvalue weighted by atomic mass is 9.80. The number of esters is 2. The molecular weight excluding hydrogens is 411 g/mol. The third-order valence-corrected chi connectivity index (χ3v) is 4.58. The Morgan fingerprint density at radius 2 is 1.69 bits per heavy atom. The van der Waals surface area contributed by atoms with Gasteiger partial charge in [0.05, 0.1) is 41.7 Å². The molecule has 1 N–H and O–H groups in total. The number of nitrogens with one attached hydrogen (secondary N) is 1. The van der Waals surface area contributed by atoms with Crippen LogP contribution in [0.3, 0.4) is 0 Å². The fraction of sp³-hybridized carbons (Fsp3) is 0.400. The average molecular weight is 432 g/mol. The van der Waals surface area contributed by atoms with Gasteiger partial charge in [-0.25, -0.2) is 9.59 Å². The first-order chi connectivity index (χ1) is 13.6. The van der Waals surface area contributed by atoms with Crippen LogP contribution in [-0.2, 0) is 25.2 Å². The van der Waals surface area contributed by atoms with E-state index in [1.54, 1.807) is 20.8 Å². The number of hydrogen-bond acceptors (Lipinski definition) is 5. The first-order valence-corrected chi connectivity index (χ1v) is 9.47. The molecule has 2 rings (SSSR count). The van der Waals surface area contributed by atoms with Gasteiger partial charge >= 0.3 is 18.1 Å². The summed E-state index contributed by atoms with van der Waals surface area (Å²) in [6.07, 6.45) is -4.59. The van der Waals surface area contributed by atoms with Gasteiger partial charge in [0.25, 0.3) is 0 Å². The van der Waals surface area contributed by atoms with Crippen LogP contribution in [-0.4, -0.2) is 31.0 Å². The van der Waals surface area contributed by atoms with Crippen LogP contribution in [0.1, 0.15) is 37.8 Å². The van der Waals surface area contributed by atoms with Crippen molar-refractivity contribution in [3.63, 3.8) is 0 Å². The summed E-state index contributed by atoms with van der Waals surface area (Å²) in [5, 5.41) is 2.89. The molecular formula is C20H21ClF3NO4. The van der Waals surface area contributed by atoms with Crippen LogP contribution in [0.25, 0.3) is 0 Å². The quantitative estimate of drug-likeness (QED) is 0.538. The molecule has 9 heteroatoms. The van der Waals surface area contributed by atoms with Crippen LogP contribution in [0.2, 0.25) is 0 Å². The number of dihydropyridines is 1. The van der Waals surface area contributed by atoms with E-state index in [9.17, 15) is 22.8 Å². The molecule has 1 aromatic carbocycles. The molecule has 0 spiro atoms. The molecule has 0 aromatic heterocycles. The summed E-state index contributed by atoms with van der Waals surface area (Å²) < 4.78 is 50.0. The standard InChI is InChI=1S/C20H21ClF3NO4/c1-4-28-18(26)15-11(3)25-14(10-21)17(19(27)29-5-2)16(15)12-7-6-8-13(9-12)20(22,23)24/h6-9,16,25H,4-5,10H2,1-3H3. The van der Waals surface area contributed by atoms with Crippen LogP contribution in [0.5, 0.6) is 0 Å². The molecule has 1 unspecified atom stereocenters. The lowest BCUT2D eigenvalue weighted by Gasteiger charge is -2.31. The van der Waals surface area contributed by atoms with Gasteiger partial charge in [0.15, 0.2) is 0 Å². The molecule has 1 heterocycles. The number of halogens is 4. The van der Waals surface area contributed by atoms with E-state index in [1.165, 1.54) is 12.1 Å². The molecule has 1 atom stereocenters. The van der Waals surface area contributed by atoms with Crippen molar-refractivity contribution < 1.29 is 32.2 Å². The van der Waals surface area contributed by atoms with Gasteiger partial charge in [-0.1, -0.05) is 18.2 Å². The van der Waals surface area contributed by atoms with E-state index in [1.807, 2.05) is 0 Å². The van der Waals surface area contributed by atoms with Gasteiger partial charge in [0.2, 0.25) is 0 Å². The van der Waals surface area contributed by atoms with Crippen molar-refractivity contribution in [1.29, 1.82) is 0 Å². The van der Waals surface area contributed by atoms with Crippen molar-refractivity contribution in [2.24, 2.45) is 0 Å². The zero-order valence-corrected chi connectivity index (χ0v) is 16.9. The number of allylic oxidation sites excluding steroid dienone is 2. The average Bonchev–Trinajstić information content (AvgIpc) is 2.66. The normalized spacial score (nSPS) is 17.1. The highest BCUT2D eigenvalue weighted by Gasteiger charge is 2.40. The Morgan fingerprint density at radius 3 is 2.21 bits per heavy atom. The Morgan fingerprint density at radius 1 is 1.10 bits per heavy atom. The van der Waals surface area contributed by atoms with E-state index in [0.29, 0.717) is 5.70 Å². The predicted molar refractivity (Wildman–Crippen MR) is 101 cm³/mol. The summed E-state index contributed by atoms with van der Waals surface area (Å²) in [4.78, 5) is 25.3. The lowest BCUT2D eigenvalue weighted by Crippen LogP contribution is -2.34. The first-order valence-electron chi connectivity index (χ1n) is 8.93. The Bertz CT molecular complexity index is 862. The van der Waals surface area contributed by atoms with Crippen LogP contribution < -0.4 is 5.32 Å². The molecule has 0 radical (unpaired) electrons. The molecule has 1 aliphatic heterocycles. The van der Waals surface area contributed by atoms with Crippen molar-refractivity contribution in [3.05, 3.63) is 57.9 Å². The van der Waals surface area contributed by atoms with Crippen LogP contribution in [0, 0.1) is 0 Å². The minimum absolute atomic E-state index is 0.0187. The number of hydrogen-bond donors (Lipinski definition) is 1. The molecule has 0 amide bonds. The van der Waals surface area contributed by atoms with Crippen LogP contribution in [0.15, 0.2) is 46.8 Å². The number of benzene rings is 1. The second-order valence-electron chi connectivity index (χ2n) is 6.19. The van der Waals surface area contributed by atoms with Crippen molar-refractivity contribution in [1.82, 2.24) is 5.32 Å². The minimum atomic E-state index is -4.59. The highest BCUT2D eigenvalue weighted by atomic mass is 35.5. The maximum absolute atomic E-state index is 13.3. The third kappa shape index (κ3) is 4.93. The number of rotatable bonds is 6. The highest BCUT2D eigenvalue weighted by Crippen LogP contribution is 2.41. The minimum Gasteiger partial charge on any atom is -0.463 e. The molecule has 0 aliphatic carbocycles. The van der Waals surface area contributed by atoms with Crippen molar-refractivity contribution >= 4 is 23.5 Å². The van der Waals surface area contributed by atoms with Gasteiger partial charge in [0, 0.05) is 11.4 Å². The number of carbonyl (C=O) groups excluding carboxylic acids is 2. The van der Waals surface area contributed by atoms with E-state index in [4.69, 9.17) is 21.1 Å². The molecule has 29 heavy (non-hydrogen) atoms. The van der Waals surface area contributed by atoms with Crippen LogP contribution in [0.4, 0.5) is 13.2 Å². The van der Waals surface area contributed by atoms with Gasteiger partial charge < -0.3 is 14.8 Å². The maximum atomic E-state index is 13.3. The maximum Gasteiger partial charge on any atom is 0.416 e. The summed E-state index contributed by atoms with van der Waals surface area (Å²) in [5.41, 5.74) is -0.176. The zero-order chi connectivity index (χ0) is 21.8. The molecule has 1 aromatic rings. The summed E-state index contributed by atoms with van der Waals surface area (Å²) in [7, 11) is 0. The van der Waals surface area contributed by atoms with Gasteiger partial charge in [-0.15, -0.1) is 11.6 Å². The first kappa shape index (κ1) is 22.8. The second-order valence-corrected chi connectivity index (χ2v) is 6.45. The summed E-state index contributed by atoms with van der Waals surface area (Å²) in [5.74, 6) is -2.76. The molecule has 0 bridgehead atoms. The number of alkyl halides is 4. The molecule has 5 nitrogen and oxygen atoms in total. The third-order valence-electron chi connectivity index (χ3n) is 4.32. The van der Waals surface area contributed by atoms with E-state index >= 15 is 0 Å². The molecule has 0 saturated carbocycles. The van der Waals surface area contributed by atoms with E-state index in [-0.39, 0.29) is 41.5 Å². The van der Waals surface area contributed by atoms with Gasteiger partial charge in [-0.05, 0) is 32.4 Å². The summed E-state index contributed by atoms with van der Waals surface area (Å²) >= 11 is 5.98. The Hall–Kier alpha value is -2.48. The number of ether oxygens (including phenoxy) is 2. The Labute approximate surface area is 171 Å². The summed E-state index contributed by atoms with van der Waals surface area (Å²) in [6.45, 7) is 4.88. The van der Waals surface area contributed by atoms with Crippen molar-refractivity contribution in [2.45, 2.75) is 32.9 Å². The van der Waals surface area contributed by atoms with Crippen LogP contribution >= 0.6 is 11.6 Å². The Kier molecular flexibility index (Phi) is 7.35. The smallest absolute Gasteiger partial charge is 0.416 e. The van der Waals surface area contributed by atoms with Crippen molar-refractivity contribution in [3.8, 4) is 0 Å². The molecule has 0 fully saturated rings. The van der Waals surface area contributed by atoms with Crippen molar-refractivity contribution in [2.75, 3.05) is 19.1 Å². The molecule has 158 valence electrons. The SMILES string of the molecule is CCOC(=O)C1=C(C)NC(CCl)=C(C(=O)OCC)C1c1cccc(C(F)(F)F)c1.